The van der Waals surface area contributed by atoms with Gasteiger partial charge in [-0.1, -0.05) is 30.0 Å². The van der Waals surface area contributed by atoms with E-state index in [4.69, 9.17) is 26.8 Å². The molecule has 0 aromatic carbocycles. The number of fused-ring (bicyclic) bond motifs is 1. The minimum Gasteiger partial charge on any atom is -0.394 e. The first kappa shape index (κ1) is 23.4. The molecule has 9 nitrogen and oxygen atoms in total. The number of nitrogens with zero attached hydrogens (tertiary/aromatic N) is 3. The van der Waals surface area contributed by atoms with Gasteiger partial charge in [0, 0.05) is 33.0 Å². The molecular formula is C20H24N4O5S2. The number of hydrogen-bond acceptors (Lipinski definition) is 9. The van der Waals surface area contributed by atoms with E-state index in [0.717, 1.165) is 11.8 Å². The molecule has 166 valence electrons. The predicted molar refractivity (Wildman–Crippen MR) is 124 cm³/mol. The van der Waals surface area contributed by atoms with Crippen molar-refractivity contribution >= 4 is 51.7 Å². The summed E-state index contributed by atoms with van der Waals surface area (Å²) in [5, 5.41) is 11.9. The van der Waals surface area contributed by atoms with E-state index >= 15 is 0 Å². The van der Waals surface area contributed by atoms with Crippen LogP contribution in [0.1, 0.15) is 12.0 Å². The maximum absolute atomic E-state index is 13.1. The van der Waals surface area contributed by atoms with Crippen molar-refractivity contribution in [3.63, 3.8) is 0 Å². The largest absolute Gasteiger partial charge is 0.394 e. The average molecular weight is 465 g/mol. The van der Waals surface area contributed by atoms with Crippen LogP contribution in [0.2, 0.25) is 0 Å². The molecule has 3 heterocycles. The van der Waals surface area contributed by atoms with Crippen molar-refractivity contribution in [2.24, 2.45) is 0 Å². The van der Waals surface area contributed by atoms with E-state index in [1.165, 1.54) is 9.30 Å². The van der Waals surface area contributed by atoms with E-state index < -0.39 is 0 Å². The number of aliphatic hydroxyl groups excluding tert-OH is 1. The monoisotopic (exact) mass is 464 g/mol. The first-order chi connectivity index (χ1) is 15.1. The molecule has 0 bridgehead atoms. The summed E-state index contributed by atoms with van der Waals surface area (Å²) in [6.07, 6.45) is 3.84. The number of hydrogen-bond donors (Lipinski definition) is 2. The molecule has 1 aliphatic heterocycles. The van der Waals surface area contributed by atoms with Crippen LogP contribution < -0.4 is 10.9 Å². The maximum Gasteiger partial charge on any atom is 0.267 e. The van der Waals surface area contributed by atoms with Crippen molar-refractivity contribution in [3.8, 4) is 0 Å². The number of thioether (sulfide) groups is 1. The van der Waals surface area contributed by atoms with Crippen molar-refractivity contribution in [2.75, 3.05) is 51.9 Å². The number of nitrogens with one attached hydrogen (secondary N) is 1. The molecule has 0 radical (unpaired) electrons. The quantitative estimate of drug-likeness (QED) is 0.290. The number of methoxy groups -OCH3 is 1. The van der Waals surface area contributed by atoms with Gasteiger partial charge in [-0.15, -0.1) is 0 Å². The smallest absolute Gasteiger partial charge is 0.267 e. The van der Waals surface area contributed by atoms with Crippen LogP contribution in [-0.2, 0) is 14.3 Å². The van der Waals surface area contributed by atoms with Crippen LogP contribution in [-0.4, -0.2) is 76.2 Å². The van der Waals surface area contributed by atoms with Crippen molar-refractivity contribution < 1.29 is 19.4 Å². The summed E-state index contributed by atoms with van der Waals surface area (Å²) in [5.41, 5.74) is 0.452. The van der Waals surface area contributed by atoms with E-state index in [9.17, 15) is 9.59 Å². The molecule has 0 spiro atoms. The van der Waals surface area contributed by atoms with Crippen LogP contribution in [0.3, 0.4) is 0 Å². The average Bonchev–Trinajstić information content (AvgIpc) is 3.03. The lowest BCUT2D eigenvalue weighted by Gasteiger charge is -2.13. The Bertz CT molecular complexity index is 1040. The van der Waals surface area contributed by atoms with Crippen LogP contribution in [0.5, 0.6) is 0 Å². The normalized spacial score (nSPS) is 15.4. The van der Waals surface area contributed by atoms with Gasteiger partial charge in [-0.05, 0) is 24.6 Å². The Morgan fingerprint density at radius 1 is 1.29 bits per heavy atom. The Morgan fingerprint density at radius 3 is 2.90 bits per heavy atom. The Morgan fingerprint density at radius 2 is 2.13 bits per heavy atom. The fourth-order valence-corrected chi connectivity index (χ4v) is 4.26. The number of ether oxygens (including phenoxy) is 2. The molecule has 0 saturated carbocycles. The van der Waals surface area contributed by atoms with Gasteiger partial charge in [0.25, 0.3) is 11.5 Å². The maximum atomic E-state index is 13.1. The number of rotatable bonds is 11. The Labute approximate surface area is 189 Å². The summed E-state index contributed by atoms with van der Waals surface area (Å²) < 4.78 is 12.2. The highest BCUT2D eigenvalue weighted by Crippen LogP contribution is 2.33. The molecule has 2 aromatic rings. The van der Waals surface area contributed by atoms with Crippen LogP contribution in [0.15, 0.2) is 34.1 Å². The number of aromatic nitrogens is 2. The standard InChI is InChI=1S/C20H24N4O5S2/c1-28-10-4-8-24-19(27)15(31-20(24)30)13-14-17(21-6-11-29-12-9-25)22-16-5-2-3-7-23(16)18(14)26/h2-3,5,7,13,21,25H,4,6,8-12H2,1H3/b15-13+. The van der Waals surface area contributed by atoms with Gasteiger partial charge >= 0.3 is 0 Å². The topological polar surface area (TPSA) is 105 Å². The van der Waals surface area contributed by atoms with Gasteiger partial charge in [0.05, 0.1) is 30.3 Å². The number of carbonyl (C=O) groups is 1. The molecule has 1 aliphatic rings. The highest BCUT2D eigenvalue weighted by molar-refractivity contribution is 8.26. The van der Waals surface area contributed by atoms with Gasteiger partial charge in [0.2, 0.25) is 0 Å². The molecule has 0 aliphatic carbocycles. The fraction of sp³-hybridized carbons (Fsp3) is 0.400. The van der Waals surface area contributed by atoms with Gasteiger partial charge < -0.3 is 19.9 Å². The van der Waals surface area contributed by atoms with Gasteiger partial charge in [-0.3, -0.25) is 18.9 Å². The number of anilines is 1. The molecule has 3 rings (SSSR count). The summed E-state index contributed by atoms with van der Waals surface area (Å²) in [7, 11) is 1.60. The molecule has 0 atom stereocenters. The van der Waals surface area contributed by atoms with Crippen molar-refractivity contribution in [3.05, 3.63) is 45.2 Å². The number of pyridine rings is 1. The summed E-state index contributed by atoms with van der Waals surface area (Å²) in [4.78, 5) is 32.4. The van der Waals surface area contributed by atoms with E-state index in [1.807, 2.05) is 0 Å². The molecular weight excluding hydrogens is 440 g/mol. The first-order valence-corrected chi connectivity index (χ1v) is 11.0. The molecule has 1 saturated heterocycles. The van der Waals surface area contributed by atoms with E-state index in [1.54, 1.807) is 37.6 Å². The lowest BCUT2D eigenvalue weighted by molar-refractivity contribution is -0.122. The highest BCUT2D eigenvalue weighted by atomic mass is 32.2. The second-order valence-corrected chi connectivity index (χ2v) is 8.23. The third kappa shape index (κ3) is 5.69. The molecule has 0 unspecified atom stereocenters. The Hall–Kier alpha value is -2.31. The second-order valence-electron chi connectivity index (χ2n) is 6.55. The van der Waals surface area contributed by atoms with E-state index in [0.29, 0.717) is 53.4 Å². The van der Waals surface area contributed by atoms with Crippen molar-refractivity contribution in [2.45, 2.75) is 6.42 Å². The Kier molecular flexibility index (Phi) is 8.55. The van der Waals surface area contributed by atoms with Crippen molar-refractivity contribution in [1.29, 1.82) is 0 Å². The summed E-state index contributed by atoms with van der Waals surface area (Å²) in [6, 6.07) is 5.26. The van der Waals surface area contributed by atoms with E-state index in [2.05, 4.69) is 10.3 Å². The van der Waals surface area contributed by atoms with Crippen molar-refractivity contribution in [1.82, 2.24) is 14.3 Å². The zero-order chi connectivity index (χ0) is 22.2. The van der Waals surface area contributed by atoms with Gasteiger partial charge in [0.1, 0.15) is 15.8 Å². The molecule has 31 heavy (non-hydrogen) atoms. The molecule has 1 amide bonds. The van der Waals surface area contributed by atoms with Gasteiger partial charge in [-0.2, -0.15) is 0 Å². The zero-order valence-electron chi connectivity index (χ0n) is 17.1. The minimum atomic E-state index is -0.297. The molecule has 1 fully saturated rings. The lowest BCUT2D eigenvalue weighted by atomic mass is 10.2. The van der Waals surface area contributed by atoms with Crippen LogP contribution in [0.25, 0.3) is 11.7 Å². The predicted octanol–water partition coefficient (Wildman–Crippen LogP) is 1.35. The number of carbonyl (C=O) groups excluding carboxylic acids is 1. The SMILES string of the molecule is COCCCN1C(=O)/C(=C\c2c(NCCOCCO)nc3ccccn3c2=O)SC1=S. The lowest BCUT2D eigenvalue weighted by Crippen LogP contribution is -2.29. The Balaban J connectivity index is 1.91. The minimum absolute atomic E-state index is 0.0625. The molecule has 2 aromatic heterocycles. The van der Waals surface area contributed by atoms with Crippen LogP contribution in [0.4, 0.5) is 5.82 Å². The summed E-state index contributed by atoms with van der Waals surface area (Å²) in [6.45, 7) is 1.86. The van der Waals surface area contributed by atoms with Crippen LogP contribution in [0, 0.1) is 0 Å². The number of thiocarbonyl (C=S) groups is 1. The van der Waals surface area contributed by atoms with Crippen LogP contribution >= 0.6 is 24.0 Å². The van der Waals surface area contributed by atoms with Gasteiger partial charge in [0.15, 0.2) is 0 Å². The third-order valence-electron chi connectivity index (χ3n) is 4.42. The molecule has 11 heteroatoms. The zero-order valence-corrected chi connectivity index (χ0v) is 18.7. The molecule has 2 N–H and O–H groups in total. The summed E-state index contributed by atoms with van der Waals surface area (Å²) >= 11 is 6.51. The summed E-state index contributed by atoms with van der Waals surface area (Å²) in [5.74, 6) is 0.120. The third-order valence-corrected chi connectivity index (χ3v) is 5.80. The fourth-order valence-electron chi connectivity index (χ4n) is 2.97. The van der Waals surface area contributed by atoms with Gasteiger partial charge in [-0.25, -0.2) is 4.98 Å². The first-order valence-electron chi connectivity index (χ1n) is 9.75. The highest BCUT2D eigenvalue weighted by Gasteiger charge is 2.32. The second kappa shape index (κ2) is 11.3. The van der Waals surface area contributed by atoms with E-state index in [-0.39, 0.29) is 30.2 Å². The number of amides is 1. The number of aliphatic hydroxyl groups is 1.